The third kappa shape index (κ3) is 5.99. The quantitative estimate of drug-likeness (QED) is 0.504. The number of nitrogens with one attached hydrogen (secondary N) is 1. The summed E-state index contributed by atoms with van der Waals surface area (Å²) in [5, 5.41) is 14.8. The molecule has 5 heteroatoms. The summed E-state index contributed by atoms with van der Waals surface area (Å²) in [5.74, 6) is -0.314. The van der Waals surface area contributed by atoms with E-state index in [9.17, 15) is 10.1 Å². The maximum absolute atomic E-state index is 10.7. The average molecular weight is 263 g/mol. The molecule has 0 aliphatic heterocycles. The minimum atomic E-state index is -0.314. The molecule has 0 fully saturated rings. The van der Waals surface area contributed by atoms with E-state index in [1.807, 2.05) is 52.0 Å². The molecule has 0 saturated carbocycles. The van der Waals surface area contributed by atoms with Gasteiger partial charge in [0.25, 0.3) is 0 Å². The largest absolute Gasteiger partial charge is 0.305 e. The van der Waals surface area contributed by atoms with Crippen LogP contribution >= 0.6 is 0 Å². The number of hydrogen-bond donors (Lipinski definition) is 1. The molecule has 5 nitrogen and oxygen atoms in total. The Bertz CT molecular complexity index is 447. The summed E-state index contributed by atoms with van der Waals surface area (Å²) in [4.78, 5) is 10.4. The number of aryl methyl sites for hydroxylation is 1. The zero-order valence-electron chi connectivity index (χ0n) is 11.9. The highest BCUT2D eigenvalue weighted by atomic mass is 16.6. The van der Waals surface area contributed by atoms with Gasteiger partial charge in [0, 0.05) is 16.7 Å². The number of hydrazone groups is 1. The number of hydrogen-bond acceptors (Lipinski definition) is 4. The lowest BCUT2D eigenvalue weighted by molar-refractivity contribution is -0.480. The van der Waals surface area contributed by atoms with Crippen LogP contribution in [0, 0.1) is 17.0 Å². The molecule has 0 spiro atoms. The Labute approximate surface area is 113 Å². The van der Waals surface area contributed by atoms with Crippen molar-refractivity contribution in [3.63, 3.8) is 0 Å². The maximum atomic E-state index is 10.7. The number of rotatable bonds is 5. The van der Waals surface area contributed by atoms with Gasteiger partial charge in [0.05, 0.1) is 5.92 Å². The van der Waals surface area contributed by atoms with Gasteiger partial charge in [-0.05, 0) is 33.3 Å². The van der Waals surface area contributed by atoms with E-state index < -0.39 is 0 Å². The van der Waals surface area contributed by atoms with Crippen LogP contribution in [0.1, 0.15) is 37.8 Å². The fourth-order valence-corrected chi connectivity index (χ4v) is 1.53. The van der Waals surface area contributed by atoms with Crippen LogP contribution in [0.25, 0.3) is 0 Å². The van der Waals surface area contributed by atoms with Crippen LogP contribution in [0.15, 0.2) is 29.4 Å². The van der Waals surface area contributed by atoms with Crippen LogP contribution in [0.2, 0.25) is 0 Å². The Morgan fingerprint density at radius 2 is 1.95 bits per heavy atom. The fraction of sp³-hybridized carbons (Fsp3) is 0.500. The molecule has 0 unspecified atom stereocenters. The van der Waals surface area contributed by atoms with Crippen molar-refractivity contribution < 1.29 is 4.92 Å². The zero-order valence-corrected chi connectivity index (χ0v) is 11.9. The molecule has 0 saturated heterocycles. The Hall–Kier alpha value is -1.91. The molecule has 19 heavy (non-hydrogen) atoms. The Kier molecular flexibility index (Phi) is 5.03. The summed E-state index contributed by atoms with van der Waals surface area (Å²) < 4.78 is 0. The fourth-order valence-electron chi connectivity index (χ4n) is 1.53. The van der Waals surface area contributed by atoms with E-state index >= 15 is 0 Å². The first-order valence-corrected chi connectivity index (χ1v) is 6.26. The van der Waals surface area contributed by atoms with Gasteiger partial charge in [-0.2, -0.15) is 5.10 Å². The predicted octanol–water partition coefficient (Wildman–Crippen LogP) is 2.73. The van der Waals surface area contributed by atoms with E-state index in [-0.39, 0.29) is 22.9 Å². The highest BCUT2D eigenvalue weighted by molar-refractivity contribution is 5.67. The molecule has 0 bridgehead atoms. The second kappa shape index (κ2) is 6.31. The normalized spacial score (nSPS) is 13.5. The van der Waals surface area contributed by atoms with Gasteiger partial charge >= 0.3 is 0 Å². The first-order valence-electron chi connectivity index (χ1n) is 6.26. The van der Waals surface area contributed by atoms with Gasteiger partial charge in [0.15, 0.2) is 0 Å². The number of nitrogens with zero attached hydrogens (tertiary/aromatic N) is 2. The van der Waals surface area contributed by atoms with Crippen LogP contribution in [0.3, 0.4) is 0 Å². The van der Waals surface area contributed by atoms with Gasteiger partial charge in [0.2, 0.25) is 6.54 Å². The van der Waals surface area contributed by atoms with Gasteiger partial charge < -0.3 is 5.43 Å². The lowest BCUT2D eigenvalue weighted by Crippen LogP contribution is -2.31. The van der Waals surface area contributed by atoms with Crippen LogP contribution in [-0.2, 0) is 0 Å². The van der Waals surface area contributed by atoms with Crippen molar-refractivity contribution in [1.29, 1.82) is 0 Å². The zero-order chi connectivity index (χ0) is 14.5. The molecule has 104 valence electrons. The van der Waals surface area contributed by atoms with Crippen molar-refractivity contribution in [2.75, 3.05) is 6.54 Å². The third-order valence-electron chi connectivity index (χ3n) is 2.51. The van der Waals surface area contributed by atoms with E-state index in [0.717, 1.165) is 11.1 Å². The maximum Gasteiger partial charge on any atom is 0.215 e. The Balaban J connectivity index is 2.83. The molecule has 0 aliphatic carbocycles. The molecule has 1 atom stereocenters. The summed E-state index contributed by atoms with van der Waals surface area (Å²) in [5.41, 5.74) is 4.84. The van der Waals surface area contributed by atoms with Crippen LogP contribution in [0.4, 0.5) is 0 Å². The average Bonchev–Trinajstić information content (AvgIpc) is 2.26. The van der Waals surface area contributed by atoms with Gasteiger partial charge in [-0.3, -0.25) is 10.1 Å². The summed E-state index contributed by atoms with van der Waals surface area (Å²) in [6.07, 6.45) is 1.61. The molecule has 0 radical (unpaired) electrons. The van der Waals surface area contributed by atoms with E-state index in [1.54, 1.807) is 6.21 Å². The van der Waals surface area contributed by atoms with Crippen molar-refractivity contribution in [3.8, 4) is 0 Å². The SMILES string of the molecule is Cc1ccc([C@H](/C=N/NC(C)(C)C)C[N+](=O)[O-])cc1. The molecule has 1 aromatic carbocycles. The van der Waals surface area contributed by atoms with Gasteiger partial charge in [-0.15, -0.1) is 0 Å². The Morgan fingerprint density at radius 1 is 1.37 bits per heavy atom. The molecule has 0 amide bonds. The minimum absolute atomic E-state index is 0.150. The summed E-state index contributed by atoms with van der Waals surface area (Å²) in [6, 6.07) is 7.72. The van der Waals surface area contributed by atoms with Crippen LogP contribution in [0.5, 0.6) is 0 Å². The highest BCUT2D eigenvalue weighted by Crippen LogP contribution is 2.15. The number of nitro groups is 1. The first-order chi connectivity index (χ1) is 8.78. The smallest absolute Gasteiger partial charge is 0.215 e. The van der Waals surface area contributed by atoms with Crippen molar-refractivity contribution in [3.05, 3.63) is 45.5 Å². The highest BCUT2D eigenvalue weighted by Gasteiger charge is 2.16. The lowest BCUT2D eigenvalue weighted by atomic mass is 9.99. The molecular weight excluding hydrogens is 242 g/mol. The molecule has 1 rings (SSSR count). The molecule has 0 aromatic heterocycles. The topological polar surface area (TPSA) is 67.5 Å². The van der Waals surface area contributed by atoms with Crippen molar-refractivity contribution in [2.45, 2.75) is 39.2 Å². The molecular formula is C14H21N3O2. The molecule has 1 N–H and O–H groups in total. The Morgan fingerprint density at radius 3 is 2.42 bits per heavy atom. The van der Waals surface area contributed by atoms with E-state index in [4.69, 9.17) is 0 Å². The second-order valence-corrected chi connectivity index (χ2v) is 5.67. The van der Waals surface area contributed by atoms with Crippen molar-refractivity contribution in [1.82, 2.24) is 5.43 Å². The first kappa shape index (κ1) is 15.1. The second-order valence-electron chi connectivity index (χ2n) is 5.67. The van der Waals surface area contributed by atoms with Crippen LogP contribution in [-0.4, -0.2) is 23.2 Å². The molecule has 0 aliphatic rings. The van der Waals surface area contributed by atoms with Gasteiger partial charge in [-0.1, -0.05) is 29.8 Å². The molecule has 0 heterocycles. The van der Waals surface area contributed by atoms with Crippen LogP contribution < -0.4 is 5.43 Å². The summed E-state index contributed by atoms with van der Waals surface area (Å²) in [7, 11) is 0. The molecule has 1 aromatic rings. The lowest BCUT2D eigenvalue weighted by Gasteiger charge is -2.18. The van der Waals surface area contributed by atoms with E-state index in [1.165, 1.54) is 0 Å². The predicted molar refractivity (Wildman–Crippen MR) is 77.2 cm³/mol. The van der Waals surface area contributed by atoms with E-state index in [2.05, 4.69) is 10.5 Å². The number of benzene rings is 1. The van der Waals surface area contributed by atoms with Crippen molar-refractivity contribution >= 4 is 6.21 Å². The summed E-state index contributed by atoms with van der Waals surface area (Å²) in [6.45, 7) is 7.79. The monoisotopic (exact) mass is 263 g/mol. The van der Waals surface area contributed by atoms with Gasteiger partial charge in [-0.25, -0.2) is 0 Å². The summed E-state index contributed by atoms with van der Waals surface area (Å²) >= 11 is 0. The van der Waals surface area contributed by atoms with E-state index in [0.29, 0.717) is 0 Å². The standard InChI is InChI=1S/C14H21N3O2/c1-11-5-7-12(8-6-11)13(10-17(18)19)9-15-16-14(2,3)4/h5-9,13,16H,10H2,1-4H3/b15-9+/t13-/m1/s1. The van der Waals surface area contributed by atoms with Crippen molar-refractivity contribution in [2.24, 2.45) is 5.10 Å². The third-order valence-corrected chi connectivity index (χ3v) is 2.51. The van der Waals surface area contributed by atoms with Gasteiger partial charge in [0.1, 0.15) is 0 Å². The minimum Gasteiger partial charge on any atom is -0.305 e.